The fourth-order valence-corrected chi connectivity index (χ4v) is 3.37. The van der Waals surface area contributed by atoms with E-state index < -0.39 is 0 Å². The first-order valence-corrected chi connectivity index (χ1v) is 8.86. The molecule has 0 aliphatic carbocycles. The Labute approximate surface area is 147 Å². The van der Waals surface area contributed by atoms with Gasteiger partial charge in [-0.25, -0.2) is 4.98 Å². The predicted octanol–water partition coefficient (Wildman–Crippen LogP) is 2.77. The second-order valence-corrected chi connectivity index (χ2v) is 6.87. The lowest BCUT2D eigenvalue weighted by molar-refractivity contribution is -0.113. The molecule has 3 aromatic rings. The largest absolute Gasteiger partial charge is 0.497 e. The molecule has 7 nitrogen and oxygen atoms in total. The van der Waals surface area contributed by atoms with Crippen LogP contribution in [0.2, 0.25) is 0 Å². The maximum absolute atomic E-state index is 12.0. The van der Waals surface area contributed by atoms with Crippen LogP contribution in [0.25, 0.3) is 5.69 Å². The van der Waals surface area contributed by atoms with E-state index in [0.29, 0.717) is 5.13 Å². The van der Waals surface area contributed by atoms with Crippen molar-refractivity contribution in [3.8, 4) is 11.4 Å². The fourth-order valence-electron chi connectivity index (χ4n) is 1.99. The maximum Gasteiger partial charge on any atom is 0.236 e. The van der Waals surface area contributed by atoms with Crippen LogP contribution in [-0.4, -0.2) is 38.5 Å². The number of benzene rings is 1. The fraction of sp³-hybridized carbons (Fsp3) is 0.200. The topological polar surface area (TPSA) is 81.9 Å². The monoisotopic (exact) mass is 361 g/mol. The Bertz CT molecular complexity index is 846. The van der Waals surface area contributed by atoms with Crippen LogP contribution in [-0.2, 0) is 4.79 Å². The lowest BCUT2D eigenvalue weighted by atomic mass is 10.3. The van der Waals surface area contributed by atoms with E-state index in [0.717, 1.165) is 21.6 Å². The molecule has 0 atom stereocenters. The van der Waals surface area contributed by atoms with Crippen LogP contribution in [0, 0.1) is 6.92 Å². The second-order valence-electron chi connectivity index (χ2n) is 4.74. The van der Waals surface area contributed by atoms with E-state index in [4.69, 9.17) is 4.74 Å². The first-order valence-electron chi connectivity index (χ1n) is 7.06. The Balaban J connectivity index is 1.66. The van der Waals surface area contributed by atoms with Gasteiger partial charge in [0.1, 0.15) is 10.8 Å². The molecule has 0 bridgehead atoms. The molecular weight excluding hydrogens is 346 g/mol. The highest BCUT2D eigenvalue weighted by atomic mass is 32.2. The lowest BCUT2D eigenvalue weighted by Crippen LogP contribution is -2.14. The minimum absolute atomic E-state index is 0.142. The summed E-state index contributed by atoms with van der Waals surface area (Å²) in [6, 6.07) is 7.66. The number of nitrogens with one attached hydrogen (secondary N) is 1. The van der Waals surface area contributed by atoms with Crippen molar-refractivity contribution in [3.63, 3.8) is 0 Å². The third kappa shape index (κ3) is 3.92. The summed E-state index contributed by atoms with van der Waals surface area (Å²) in [5, 5.41) is 12.5. The van der Waals surface area contributed by atoms with Gasteiger partial charge in [0.15, 0.2) is 5.16 Å². The summed E-state index contributed by atoms with van der Waals surface area (Å²) < 4.78 is 7.16. The molecule has 9 heteroatoms. The van der Waals surface area contributed by atoms with E-state index in [2.05, 4.69) is 20.5 Å². The van der Waals surface area contributed by atoms with Gasteiger partial charge in [-0.15, -0.1) is 10.2 Å². The summed E-state index contributed by atoms with van der Waals surface area (Å²) in [5.74, 6) is 0.859. The van der Waals surface area contributed by atoms with E-state index in [9.17, 15) is 4.79 Å². The van der Waals surface area contributed by atoms with Crippen LogP contribution in [0.5, 0.6) is 5.75 Å². The third-order valence-corrected chi connectivity index (χ3v) is 4.76. The number of thioether (sulfide) groups is 1. The number of carbonyl (C=O) groups is 1. The van der Waals surface area contributed by atoms with Gasteiger partial charge < -0.3 is 4.74 Å². The number of nitrogens with zero attached hydrogens (tertiary/aromatic N) is 4. The van der Waals surface area contributed by atoms with Crippen LogP contribution >= 0.6 is 23.1 Å². The summed E-state index contributed by atoms with van der Waals surface area (Å²) in [5.41, 5.74) is 0.925. The van der Waals surface area contributed by atoms with E-state index in [1.165, 1.54) is 23.1 Å². The van der Waals surface area contributed by atoms with Gasteiger partial charge in [0, 0.05) is 18.5 Å². The number of anilines is 1. The Morgan fingerprint density at radius 3 is 3.04 bits per heavy atom. The van der Waals surface area contributed by atoms with Crippen molar-refractivity contribution >= 4 is 34.1 Å². The summed E-state index contributed by atoms with van der Waals surface area (Å²) in [4.78, 5) is 16.3. The Kier molecular flexibility index (Phi) is 5.11. The minimum atomic E-state index is -0.142. The lowest BCUT2D eigenvalue weighted by Gasteiger charge is -2.08. The summed E-state index contributed by atoms with van der Waals surface area (Å²) in [7, 11) is 1.63. The highest BCUT2D eigenvalue weighted by molar-refractivity contribution is 7.99. The van der Waals surface area contributed by atoms with Crippen molar-refractivity contribution in [2.24, 2.45) is 0 Å². The number of carbonyl (C=O) groups excluding carboxylic acids is 1. The smallest absolute Gasteiger partial charge is 0.236 e. The standard InChI is InChI=1S/C15H15N5O2S2/c1-10-18-19-14(24-10)17-13(21)9-23-15-16-6-7-20(15)11-4-3-5-12(8-11)22-2/h3-8H,9H2,1-2H3,(H,17,19,21). The van der Waals surface area contributed by atoms with Crippen LogP contribution in [0.3, 0.4) is 0 Å². The molecule has 0 unspecified atom stereocenters. The molecule has 2 aromatic heterocycles. The van der Waals surface area contributed by atoms with E-state index in [-0.39, 0.29) is 11.7 Å². The molecule has 0 aliphatic heterocycles. The van der Waals surface area contributed by atoms with Crippen molar-refractivity contribution in [2.45, 2.75) is 12.1 Å². The van der Waals surface area contributed by atoms with Gasteiger partial charge in [-0.05, 0) is 19.1 Å². The number of hydrogen-bond donors (Lipinski definition) is 1. The molecule has 1 aromatic carbocycles. The molecule has 0 saturated heterocycles. The average Bonchev–Trinajstić information content (AvgIpc) is 3.22. The van der Waals surface area contributed by atoms with Crippen LogP contribution in [0.4, 0.5) is 5.13 Å². The number of ether oxygens (including phenoxy) is 1. The first-order chi connectivity index (χ1) is 11.7. The van der Waals surface area contributed by atoms with Gasteiger partial charge in [0.2, 0.25) is 11.0 Å². The van der Waals surface area contributed by atoms with Gasteiger partial charge in [0.25, 0.3) is 0 Å². The van der Waals surface area contributed by atoms with E-state index in [1.54, 1.807) is 13.3 Å². The van der Waals surface area contributed by atoms with Gasteiger partial charge in [0.05, 0.1) is 18.6 Å². The third-order valence-electron chi connectivity index (χ3n) is 3.04. The molecular formula is C15H15N5O2S2. The summed E-state index contributed by atoms with van der Waals surface area (Å²) in [6.45, 7) is 1.84. The highest BCUT2D eigenvalue weighted by Crippen LogP contribution is 2.23. The number of aryl methyl sites for hydroxylation is 1. The Hall–Kier alpha value is -2.39. The molecule has 0 aliphatic rings. The molecule has 3 rings (SSSR count). The maximum atomic E-state index is 12.0. The quantitative estimate of drug-likeness (QED) is 0.680. The number of hydrogen-bond acceptors (Lipinski definition) is 7. The number of rotatable bonds is 6. The number of amides is 1. The molecule has 124 valence electrons. The van der Waals surface area contributed by atoms with Gasteiger partial charge in [-0.1, -0.05) is 29.2 Å². The van der Waals surface area contributed by atoms with Crippen molar-refractivity contribution in [1.29, 1.82) is 0 Å². The van der Waals surface area contributed by atoms with E-state index in [1.807, 2.05) is 42.0 Å². The van der Waals surface area contributed by atoms with Crippen molar-refractivity contribution in [3.05, 3.63) is 41.7 Å². The van der Waals surface area contributed by atoms with Crippen molar-refractivity contribution in [2.75, 3.05) is 18.2 Å². The Morgan fingerprint density at radius 1 is 1.42 bits per heavy atom. The second kappa shape index (κ2) is 7.45. The molecule has 0 radical (unpaired) electrons. The first kappa shape index (κ1) is 16.5. The number of aromatic nitrogens is 4. The summed E-state index contributed by atoms with van der Waals surface area (Å²) >= 11 is 2.70. The average molecular weight is 361 g/mol. The van der Waals surface area contributed by atoms with Crippen molar-refractivity contribution in [1.82, 2.24) is 19.7 Å². The summed E-state index contributed by atoms with van der Waals surface area (Å²) in [6.07, 6.45) is 3.55. The van der Waals surface area contributed by atoms with Gasteiger partial charge in [-0.2, -0.15) is 0 Å². The molecule has 24 heavy (non-hydrogen) atoms. The van der Waals surface area contributed by atoms with Crippen LogP contribution in [0.15, 0.2) is 41.8 Å². The zero-order valence-electron chi connectivity index (χ0n) is 13.1. The van der Waals surface area contributed by atoms with Gasteiger partial charge >= 0.3 is 0 Å². The van der Waals surface area contributed by atoms with E-state index >= 15 is 0 Å². The number of methoxy groups -OCH3 is 1. The van der Waals surface area contributed by atoms with Crippen LogP contribution < -0.4 is 10.1 Å². The molecule has 0 spiro atoms. The molecule has 2 heterocycles. The SMILES string of the molecule is COc1cccc(-n2ccnc2SCC(=O)Nc2nnc(C)s2)c1. The normalized spacial score (nSPS) is 10.6. The molecule has 1 N–H and O–H groups in total. The van der Waals surface area contributed by atoms with Gasteiger partial charge in [-0.3, -0.25) is 14.7 Å². The molecule has 0 fully saturated rings. The highest BCUT2D eigenvalue weighted by Gasteiger charge is 2.11. The Morgan fingerprint density at radius 2 is 2.29 bits per heavy atom. The number of imidazole rings is 1. The van der Waals surface area contributed by atoms with Crippen LogP contribution in [0.1, 0.15) is 5.01 Å². The van der Waals surface area contributed by atoms with Crippen molar-refractivity contribution < 1.29 is 9.53 Å². The zero-order valence-corrected chi connectivity index (χ0v) is 14.7. The zero-order chi connectivity index (χ0) is 16.9. The minimum Gasteiger partial charge on any atom is -0.497 e. The molecule has 0 saturated carbocycles. The molecule has 1 amide bonds. The predicted molar refractivity (Wildman–Crippen MR) is 94.1 cm³/mol.